The fourth-order valence-electron chi connectivity index (χ4n) is 2.23. The number of fused-ring (bicyclic) bond motifs is 2. The van der Waals surface area contributed by atoms with Crippen LogP contribution in [0, 0.1) is 0 Å². The summed E-state index contributed by atoms with van der Waals surface area (Å²) in [6.07, 6.45) is 0. The molecule has 5 heteroatoms. The fourth-order valence-corrected chi connectivity index (χ4v) is 2.23. The molecule has 3 rings (SSSR count). The first-order valence-corrected chi connectivity index (χ1v) is 5.97. The molecule has 2 aromatic carbocycles. The molecular weight excluding hydrogens is 260 g/mol. The summed E-state index contributed by atoms with van der Waals surface area (Å²) in [6.45, 7) is 0. The summed E-state index contributed by atoms with van der Waals surface area (Å²) in [5.41, 5.74) is 0.275. The van der Waals surface area contributed by atoms with E-state index in [1.165, 1.54) is 20.3 Å². The zero-order valence-corrected chi connectivity index (χ0v) is 11.0. The third kappa shape index (κ3) is 1.60. The first kappa shape index (κ1) is 12.3. The molecule has 0 fully saturated rings. The minimum Gasteiger partial charge on any atom is -0.502 e. The average Bonchev–Trinajstić information content (AvgIpc) is 2.48. The van der Waals surface area contributed by atoms with Crippen LogP contribution in [0.1, 0.15) is 0 Å². The van der Waals surface area contributed by atoms with E-state index < -0.39 is 0 Å². The molecule has 1 heterocycles. The average molecular weight is 272 g/mol. The predicted molar refractivity (Wildman–Crippen MR) is 74.8 cm³/mol. The summed E-state index contributed by atoms with van der Waals surface area (Å²) in [6, 6.07) is 8.37. The normalized spacial score (nSPS) is 10.9. The molecule has 0 aliphatic rings. The summed E-state index contributed by atoms with van der Waals surface area (Å²) in [5, 5.41) is 10.9. The molecule has 0 atom stereocenters. The van der Waals surface area contributed by atoms with Gasteiger partial charge in [0.15, 0.2) is 11.3 Å². The smallest absolute Gasteiger partial charge is 0.207 e. The van der Waals surface area contributed by atoms with Crippen LogP contribution < -0.4 is 14.9 Å². The molecule has 0 aliphatic carbocycles. The zero-order valence-electron chi connectivity index (χ0n) is 11.0. The molecule has 1 N–H and O–H groups in total. The van der Waals surface area contributed by atoms with Gasteiger partial charge in [-0.05, 0) is 18.2 Å². The lowest BCUT2D eigenvalue weighted by Gasteiger charge is -2.11. The highest BCUT2D eigenvalue weighted by atomic mass is 16.5. The van der Waals surface area contributed by atoms with E-state index in [1.54, 1.807) is 24.3 Å². The van der Waals surface area contributed by atoms with Crippen molar-refractivity contribution in [2.24, 2.45) is 0 Å². The number of benzene rings is 2. The van der Waals surface area contributed by atoms with E-state index in [2.05, 4.69) is 0 Å². The van der Waals surface area contributed by atoms with Crippen LogP contribution in [0.4, 0.5) is 0 Å². The predicted octanol–water partition coefficient (Wildman–Crippen LogP) is 2.67. The highest BCUT2D eigenvalue weighted by Gasteiger charge is 2.19. The molecule has 0 radical (unpaired) electrons. The zero-order chi connectivity index (χ0) is 14.3. The van der Waals surface area contributed by atoms with E-state index in [9.17, 15) is 9.90 Å². The second kappa shape index (κ2) is 4.45. The Morgan fingerprint density at radius 3 is 2.55 bits per heavy atom. The molecule has 3 aromatic rings. The second-order valence-corrected chi connectivity index (χ2v) is 4.26. The fraction of sp³-hybridized carbons (Fsp3) is 0.133. The van der Waals surface area contributed by atoms with Crippen molar-refractivity contribution in [1.29, 1.82) is 0 Å². The SMILES string of the molecule is COc1cc2c(=O)c3ccccc3oc2c(O)c1OC. The maximum absolute atomic E-state index is 12.4. The van der Waals surface area contributed by atoms with Crippen LogP contribution in [0.3, 0.4) is 0 Å². The van der Waals surface area contributed by atoms with E-state index in [-0.39, 0.29) is 33.6 Å². The third-order valence-corrected chi connectivity index (χ3v) is 3.19. The standard InChI is InChI=1S/C15H12O5/c1-18-11-7-9-12(16)8-5-3-4-6-10(8)20-14(9)13(17)15(11)19-2/h3-7,17H,1-2H3. The monoisotopic (exact) mass is 272 g/mol. The maximum Gasteiger partial charge on any atom is 0.207 e. The van der Waals surface area contributed by atoms with Gasteiger partial charge < -0.3 is 19.0 Å². The van der Waals surface area contributed by atoms with Crippen molar-refractivity contribution in [2.45, 2.75) is 0 Å². The van der Waals surface area contributed by atoms with E-state index in [0.29, 0.717) is 11.0 Å². The van der Waals surface area contributed by atoms with Crippen molar-refractivity contribution >= 4 is 21.9 Å². The Hall–Kier alpha value is -2.69. The number of ether oxygens (including phenoxy) is 2. The molecule has 102 valence electrons. The van der Waals surface area contributed by atoms with E-state index in [0.717, 1.165) is 0 Å². The van der Waals surface area contributed by atoms with Crippen molar-refractivity contribution in [2.75, 3.05) is 14.2 Å². The van der Waals surface area contributed by atoms with Crippen LogP contribution >= 0.6 is 0 Å². The van der Waals surface area contributed by atoms with Gasteiger partial charge in [0.05, 0.1) is 25.0 Å². The van der Waals surface area contributed by atoms with Crippen LogP contribution in [-0.2, 0) is 0 Å². The Morgan fingerprint density at radius 1 is 1.10 bits per heavy atom. The summed E-state index contributed by atoms with van der Waals surface area (Å²) in [7, 11) is 2.84. The minimum absolute atomic E-state index is 0.0892. The first-order valence-electron chi connectivity index (χ1n) is 5.97. The first-order chi connectivity index (χ1) is 9.67. The highest BCUT2D eigenvalue weighted by Crippen LogP contribution is 2.42. The third-order valence-electron chi connectivity index (χ3n) is 3.19. The van der Waals surface area contributed by atoms with Crippen LogP contribution in [0.5, 0.6) is 17.2 Å². The molecule has 0 unspecified atom stereocenters. The largest absolute Gasteiger partial charge is 0.502 e. The van der Waals surface area contributed by atoms with Gasteiger partial charge in [0, 0.05) is 0 Å². The van der Waals surface area contributed by atoms with E-state index in [1.807, 2.05) is 0 Å². The number of phenolic OH excluding ortho intramolecular Hbond substituents is 1. The van der Waals surface area contributed by atoms with Gasteiger partial charge in [-0.3, -0.25) is 4.79 Å². The van der Waals surface area contributed by atoms with Crippen LogP contribution in [0.2, 0.25) is 0 Å². The van der Waals surface area contributed by atoms with Crippen molar-refractivity contribution < 1.29 is 19.0 Å². The van der Waals surface area contributed by atoms with E-state index >= 15 is 0 Å². The number of phenols is 1. The molecule has 0 spiro atoms. The molecule has 0 amide bonds. The summed E-state index contributed by atoms with van der Waals surface area (Å²) >= 11 is 0. The lowest BCUT2D eigenvalue weighted by atomic mass is 10.1. The van der Waals surface area contributed by atoms with Gasteiger partial charge in [0.2, 0.25) is 16.9 Å². The van der Waals surface area contributed by atoms with Gasteiger partial charge in [-0.25, -0.2) is 0 Å². The van der Waals surface area contributed by atoms with Gasteiger partial charge in [-0.15, -0.1) is 0 Å². The molecule has 0 saturated heterocycles. The number of hydrogen-bond acceptors (Lipinski definition) is 5. The van der Waals surface area contributed by atoms with Gasteiger partial charge in [-0.1, -0.05) is 12.1 Å². The molecule has 0 saturated carbocycles. The quantitative estimate of drug-likeness (QED) is 0.726. The Kier molecular flexibility index (Phi) is 2.75. The molecule has 5 nitrogen and oxygen atoms in total. The molecule has 0 bridgehead atoms. The lowest BCUT2D eigenvalue weighted by Crippen LogP contribution is -2.03. The number of methoxy groups -OCH3 is 2. The summed E-state index contributed by atoms with van der Waals surface area (Å²) in [4.78, 5) is 12.4. The molecule has 1 aromatic heterocycles. The second-order valence-electron chi connectivity index (χ2n) is 4.26. The lowest BCUT2D eigenvalue weighted by molar-refractivity contribution is 0.333. The van der Waals surface area contributed by atoms with Gasteiger partial charge in [0.25, 0.3) is 0 Å². The Balaban J connectivity index is 2.55. The van der Waals surface area contributed by atoms with Crippen LogP contribution in [-0.4, -0.2) is 19.3 Å². The van der Waals surface area contributed by atoms with E-state index in [4.69, 9.17) is 13.9 Å². The summed E-state index contributed by atoms with van der Waals surface area (Å²) < 4.78 is 15.8. The minimum atomic E-state index is -0.246. The Morgan fingerprint density at radius 2 is 1.85 bits per heavy atom. The Bertz CT molecular complexity index is 863. The number of para-hydroxylation sites is 1. The maximum atomic E-state index is 12.4. The van der Waals surface area contributed by atoms with Crippen molar-refractivity contribution in [3.63, 3.8) is 0 Å². The van der Waals surface area contributed by atoms with Gasteiger partial charge >= 0.3 is 0 Å². The molecule has 0 aliphatic heterocycles. The summed E-state index contributed by atoms with van der Waals surface area (Å²) in [5.74, 6) is 0.170. The Labute approximate surface area is 114 Å². The molecular formula is C15H12O5. The van der Waals surface area contributed by atoms with Gasteiger partial charge in [-0.2, -0.15) is 0 Å². The van der Waals surface area contributed by atoms with Crippen molar-refractivity contribution in [1.82, 2.24) is 0 Å². The molecule has 20 heavy (non-hydrogen) atoms. The highest BCUT2D eigenvalue weighted by molar-refractivity contribution is 5.95. The van der Waals surface area contributed by atoms with Crippen molar-refractivity contribution in [3.05, 3.63) is 40.6 Å². The van der Waals surface area contributed by atoms with Crippen molar-refractivity contribution in [3.8, 4) is 17.2 Å². The number of aromatic hydroxyl groups is 1. The number of rotatable bonds is 2. The topological polar surface area (TPSA) is 68.9 Å². The van der Waals surface area contributed by atoms with Crippen LogP contribution in [0.15, 0.2) is 39.5 Å². The van der Waals surface area contributed by atoms with Crippen LogP contribution in [0.25, 0.3) is 21.9 Å². The number of hydrogen-bond donors (Lipinski definition) is 1. The van der Waals surface area contributed by atoms with Gasteiger partial charge in [0.1, 0.15) is 5.58 Å².